The minimum atomic E-state index is -0.501. The Morgan fingerprint density at radius 2 is 1.00 bits per heavy atom. The van der Waals surface area contributed by atoms with Crippen LogP contribution in [0, 0.1) is 0 Å². The first kappa shape index (κ1) is 31.4. The van der Waals surface area contributed by atoms with E-state index in [9.17, 15) is 0 Å². The molecule has 0 unspecified atom stereocenters. The average molecular weight is 702 g/mol. The fraction of sp³-hybridized carbons (Fsp3) is 0.0189. The highest BCUT2D eigenvalue weighted by Crippen LogP contribution is 2.59. The van der Waals surface area contributed by atoms with Gasteiger partial charge in [-0.25, -0.2) is 0 Å². The van der Waals surface area contributed by atoms with E-state index in [0.717, 1.165) is 39.0 Å². The lowest BCUT2D eigenvalue weighted by molar-refractivity contribution is 0.669. The van der Waals surface area contributed by atoms with E-state index in [4.69, 9.17) is 4.42 Å². The zero-order chi connectivity index (χ0) is 36.3. The van der Waals surface area contributed by atoms with Crippen LogP contribution in [0.3, 0.4) is 0 Å². The third kappa shape index (κ3) is 4.75. The number of rotatable bonds is 6. The van der Waals surface area contributed by atoms with E-state index < -0.39 is 5.41 Å². The van der Waals surface area contributed by atoms with Gasteiger partial charge in [0.2, 0.25) is 0 Å². The van der Waals surface area contributed by atoms with E-state index in [1.165, 1.54) is 55.3 Å². The maximum Gasteiger partial charge on any atom is 0.136 e. The van der Waals surface area contributed by atoms with Crippen LogP contribution < -0.4 is 4.90 Å². The van der Waals surface area contributed by atoms with Crippen molar-refractivity contribution in [2.24, 2.45) is 0 Å². The van der Waals surface area contributed by atoms with E-state index >= 15 is 0 Å². The van der Waals surface area contributed by atoms with Crippen molar-refractivity contribution in [3.05, 3.63) is 235 Å². The van der Waals surface area contributed by atoms with E-state index in [-0.39, 0.29) is 0 Å². The molecule has 10 aromatic rings. The third-order valence-electron chi connectivity index (χ3n) is 11.5. The SMILES string of the molecule is c1ccc(-c2ccc(N(c3ccc4ccc5oc6ccccc6c5c4c3)c3cccc4c3-c3ccccc3C4(c3ccccc3)c3ccccc3)cc2)cc1. The summed E-state index contributed by atoms with van der Waals surface area (Å²) in [6, 6.07) is 77.1. The fourth-order valence-electron chi connectivity index (χ4n) is 9.19. The molecule has 0 saturated carbocycles. The molecule has 2 heteroatoms. The minimum absolute atomic E-state index is 0.501. The maximum atomic E-state index is 6.38. The Morgan fingerprint density at radius 3 is 1.76 bits per heavy atom. The summed E-state index contributed by atoms with van der Waals surface area (Å²) in [5, 5.41) is 4.62. The summed E-state index contributed by atoms with van der Waals surface area (Å²) in [5.74, 6) is 0. The molecule has 2 nitrogen and oxygen atoms in total. The largest absolute Gasteiger partial charge is 0.456 e. The molecule has 0 saturated heterocycles. The molecular formula is C53H35NO. The minimum Gasteiger partial charge on any atom is -0.456 e. The second kappa shape index (κ2) is 12.5. The van der Waals surface area contributed by atoms with Gasteiger partial charge in [-0.1, -0.05) is 170 Å². The summed E-state index contributed by atoms with van der Waals surface area (Å²) in [6.45, 7) is 0. The summed E-state index contributed by atoms with van der Waals surface area (Å²) >= 11 is 0. The highest BCUT2D eigenvalue weighted by Gasteiger charge is 2.47. The molecule has 1 aliphatic rings. The number of hydrogen-bond acceptors (Lipinski definition) is 2. The van der Waals surface area contributed by atoms with Crippen LogP contribution in [0.4, 0.5) is 17.1 Å². The first-order chi connectivity index (χ1) is 27.3. The predicted molar refractivity (Wildman–Crippen MR) is 229 cm³/mol. The van der Waals surface area contributed by atoms with Crippen molar-refractivity contribution in [3.8, 4) is 22.3 Å². The lowest BCUT2D eigenvalue weighted by Crippen LogP contribution is -2.28. The lowest BCUT2D eigenvalue weighted by atomic mass is 9.68. The van der Waals surface area contributed by atoms with Crippen molar-refractivity contribution in [2.45, 2.75) is 5.41 Å². The van der Waals surface area contributed by atoms with Gasteiger partial charge in [-0.3, -0.25) is 0 Å². The molecular weight excluding hydrogens is 667 g/mol. The summed E-state index contributed by atoms with van der Waals surface area (Å²) in [7, 11) is 0. The highest BCUT2D eigenvalue weighted by molar-refractivity contribution is 6.19. The lowest BCUT2D eigenvalue weighted by Gasteiger charge is -2.34. The first-order valence-corrected chi connectivity index (χ1v) is 18.9. The van der Waals surface area contributed by atoms with Crippen LogP contribution in [-0.2, 0) is 5.41 Å². The fourth-order valence-corrected chi connectivity index (χ4v) is 9.19. The molecule has 0 atom stereocenters. The standard InChI is InChI=1S/C53H35NO/c1-4-15-36(16-5-1)37-27-31-41(32-28-37)54(42-33-29-38-30-34-50-51(45(38)35-42)44-22-11-13-26-49(44)55-50)48-25-14-24-47-52(48)43-21-10-12-23-46(43)53(47,39-17-6-2-7-18-39)40-19-8-3-9-20-40/h1-35H. The average Bonchev–Trinajstić information content (AvgIpc) is 3.80. The van der Waals surface area contributed by atoms with Crippen molar-refractivity contribution < 1.29 is 4.42 Å². The summed E-state index contributed by atoms with van der Waals surface area (Å²) in [5.41, 5.74) is 14.6. The molecule has 11 rings (SSSR count). The number of hydrogen-bond donors (Lipinski definition) is 0. The summed E-state index contributed by atoms with van der Waals surface area (Å²) in [4.78, 5) is 2.46. The van der Waals surface area contributed by atoms with E-state index in [1.54, 1.807) is 0 Å². The van der Waals surface area contributed by atoms with Gasteiger partial charge in [0, 0.05) is 27.7 Å². The van der Waals surface area contributed by atoms with Gasteiger partial charge < -0.3 is 9.32 Å². The normalized spacial score (nSPS) is 12.9. The van der Waals surface area contributed by atoms with Gasteiger partial charge in [0.15, 0.2) is 0 Å². The van der Waals surface area contributed by atoms with Crippen LogP contribution in [0.2, 0.25) is 0 Å². The number of fused-ring (bicyclic) bond motifs is 8. The Kier molecular flexibility index (Phi) is 7.11. The van der Waals surface area contributed by atoms with E-state index in [1.807, 2.05) is 6.07 Å². The highest BCUT2D eigenvalue weighted by atomic mass is 16.3. The van der Waals surface area contributed by atoms with Gasteiger partial charge in [0.1, 0.15) is 11.2 Å². The number of para-hydroxylation sites is 1. The molecule has 1 aromatic heterocycles. The monoisotopic (exact) mass is 701 g/mol. The molecule has 1 aliphatic carbocycles. The molecule has 1 heterocycles. The van der Waals surface area contributed by atoms with Gasteiger partial charge in [-0.2, -0.15) is 0 Å². The topological polar surface area (TPSA) is 16.4 Å². The molecule has 0 N–H and O–H groups in total. The van der Waals surface area contributed by atoms with Crippen molar-refractivity contribution in [1.82, 2.24) is 0 Å². The Labute approximate surface area is 320 Å². The second-order valence-electron chi connectivity index (χ2n) is 14.4. The van der Waals surface area contributed by atoms with Gasteiger partial charge in [-0.05, 0) is 92.2 Å². The zero-order valence-electron chi connectivity index (χ0n) is 30.1. The predicted octanol–water partition coefficient (Wildman–Crippen LogP) is 14.2. The number of benzene rings is 9. The third-order valence-corrected chi connectivity index (χ3v) is 11.5. The van der Waals surface area contributed by atoms with Crippen LogP contribution >= 0.6 is 0 Å². The van der Waals surface area contributed by atoms with Crippen molar-refractivity contribution >= 4 is 49.8 Å². The summed E-state index contributed by atoms with van der Waals surface area (Å²) in [6.07, 6.45) is 0. The molecule has 55 heavy (non-hydrogen) atoms. The molecule has 0 fully saturated rings. The smallest absolute Gasteiger partial charge is 0.136 e. The number of nitrogens with zero attached hydrogens (tertiary/aromatic N) is 1. The maximum absolute atomic E-state index is 6.38. The number of furan rings is 1. The molecule has 9 aromatic carbocycles. The number of anilines is 3. The molecule has 0 aliphatic heterocycles. The Balaban J connectivity index is 1.21. The Hall–Kier alpha value is -7.16. The second-order valence-corrected chi connectivity index (χ2v) is 14.4. The van der Waals surface area contributed by atoms with Crippen molar-refractivity contribution in [2.75, 3.05) is 4.90 Å². The van der Waals surface area contributed by atoms with Crippen LogP contribution in [0.25, 0.3) is 55.0 Å². The van der Waals surface area contributed by atoms with E-state index in [2.05, 4.69) is 211 Å². The van der Waals surface area contributed by atoms with Crippen LogP contribution in [0.15, 0.2) is 217 Å². The molecule has 0 amide bonds. The molecule has 258 valence electrons. The van der Waals surface area contributed by atoms with Crippen molar-refractivity contribution in [3.63, 3.8) is 0 Å². The molecule has 0 spiro atoms. The Morgan fingerprint density at radius 1 is 0.400 bits per heavy atom. The quantitative estimate of drug-likeness (QED) is 0.172. The van der Waals surface area contributed by atoms with Gasteiger partial charge >= 0.3 is 0 Å². The molecule has 0 radical (unpaired) electrons. The summed E-state index contributed by atoms with van der Waals surface area (Å²) < 4.78 is 6.38. The van der Waals surface area contributed by atoms with Crippen molar-refractivity contribution in [1.29, 1.82) is 0 Å². The van der Waals surface area contributed by atoms with Gasteiger partial charge in [-0.15, -0.1) is 0 Å². The van der Waals surface area contributed by atoms with Crippen LogP contribution in [-0.4, -0.2) is 0 Å². The molecule has 0 bridgehead atoms. The van der Waals surface area contributed by atoms with Crippen LogP contribution in [0.5, 0.6) is 0 Å². The van der Waals surface area contributed by atoms with Gasteiger partial charge in [0.25, 0.3) is 0 Å². The Bertz CT molecular complexity index is 2980. The van der Waals surface area contributed by atoms with Gasteiger partial charge in [0.05, 0.1) is 11.1 Å². The van der Waals surface area contributed by atoms with Crippen LogP contribution in [0.1, 0.15) is 22.3 Å². The first-order valence-electron chi connectivity index (χ1n) is 18.9. The zero-order valence-corrected chi connectivity index (χ0v) is 30.1. The van der Waals surface area contributed by atoms with E-state index in [0.29, 0.717) is 0 Å².